The highest BCUT2D eigenvalue weighted by Gasteiger charge is 2.33. The minimum Gasteiger partial charge on any atom is -0.491 e. The van der Waals surface area contributed by atoms with Crippen molar-refractivity contribution in [3.05, 3.63) is 51.7 Å². The summed E-state index contributed by atoms with van der Waals surface area (Å²) in [5.41, 5.74) is 2.40. The lowest BCUT2D eigenvalue weighted by molar-refractivity contribution is -0.136. The molecule has 2 aromatic rings. The van der Waals surface area contributed by atoms with Crippen LogP contribution in [0, 0.1) is 6.92 Å². The zero-order chi connectivity index (χ0) is 21.0. The molecule has 2 atom stereocenters. The van der Waals surface area contributed by atoms with Crippen LogP contribution in [-0.4, -0.2) is 59.2 Å². The quantitative estimate of drug-likeness (QED) is 0.714. The van der Waals surface area contributed by atoms with Crippen LogP contribution in [0.4, 0.5) is 0 Å². The Morgan fingerprint density at radius 1 is 1.28 bits per heavy atom. The van der Waals surface area contributed by atoms with E-state index in [9.17, 15) is 9.90 Å². The number of carbonyl (C=O) groups excluding carboxylic acids is 1. The van der Waals surface area contributed by atoms with E-state index in [1.807, 2.05) is 34.1 Å². The van der Waals surface area contributed by atoms with Crippen LogP contribution in [0.2, 0.25) is 0 Å². The van der Waals surface area contributed by atoms with E-state index in [0.717, 1.165) is 12.2 Å². The molecular formula is C23H32N2O3S. The highest BCUT2D eigenvalue weighted by molar-refractivity contribution is 7.10. The van der Waals surface area contributed by atoms with E-state index in [1.54, 1.807) is 18.3 Å². The van der Waals surface area contributed by atoms with E-state index in [0.29, 0.717) is 26.2 Å². The standard InChI is InChI=1S/C23H32N2O3S/c1-16(2)24(13-18(4)26)14-23(27)25-11-9-22-20(10-12-29-22)21(25)15-28-19-7-5-17(3)6-8-19/h5-8,10,12,16,18,21,26H,9,11,13-15H2,1-4H3/t18-,21+/m1/s1. The van der Waals surface area contributed by atoms with Crippen molar-refractivity contribution in [2.75, 3.05) is 26.2 Å². The maximum Gasteiger partial charge on any atom is 0.237 e. The molecule has 1 N–H and O–H groups in total. The molecule has 1 amide bonds. The molecule has 0 bridgehead atoms. The van der Waals surface area contributed by atoms with Crippen molar-refractivity contribution in [2.24, 2.45) is 0 Å². The van der Waals surface area contributed by atoms with Gasteiger partial charge in [0.05, 0.1) is 18.7 Å². The number of hydrogen-bond donors (Lipinski definition) is 1. The maximum atomic E-state index is 13.2. The fourth-order valence-electron chi connectivity index (χ4n) is 3.75. The van der Waals surface area contributed by atoms with E-state index in [1.165, 1.54) is 16.0 Å². The molecule has 1 aliphatic rings. The molecule has 1 aliphatic heterocycles. The van der Waals surface area contributed by atoms with Gasteiger partial charge in [0.15, 0.2) is 0 Å². The second-order valence-corrected chi connectivity index (χ2v) is 9.15. The van der Waals surface area contributed by atoms with Gasteiger partial charge in [-0.25, -0.2) is 0 Å². The van der Waals surface area contributed by atoms with E-state index in [4.69, 9.17) is 4.74 Å². The number of rotatable bonds is 8. The average molecular weight is 417 g/mol. The molecule has 0 saturated carbocycles. The van der Waals surface area contributed by atoms with Crippen molar-refractivity contribution >= 4 is 17.2 Å². The summed E-state index contributed by atoms with van der Waals surface area (Å²) in [5.74, 6) is 0.914. The summed E-state index contributed by atoms with van der Waals surface area (Å²) in [4.78, 5) is 18.6. The van der Waals surface area contributed by atoms with Gasteiger partial charge in [-0.3, -0.25) is 9.69 Å². The number of fused-ring (bicyclic) bond motifs is 1. The second-order valence-electron chi connectivity index (χ2n) is 8.15. The second kappa shape index (κ2) is 9.74. The fourth-order valence-corrected chi connectivity index (χ4v) is 4.67. The predicted octanol–water partition coefficient (Wildman–Crippen LogP) is 3.65. The average Bonchev–Trinajstić information content (AvgIpc) is 3.15. The van der Waals surface area contributed by atoms with Crippen molar-refractivity contribution in [1.29, 1.82) is 0 Å². The number of aryl methyl sites for hydroxylation is 1. The minimum absolute atomic E-state index is 0.0839. The van der Waals surface area contributed by atoms with Gasteiger partial charge in [0.2, 0.25) is 5.91 Å². The molecule has 0 saturated heterocycles. The Morgan fingerprint density at radius 3 is 2.66 bits per heavy atom. The van der Waals surface area contributed by atoms with E-state index >= 15 is 0 Å². The molecule has 1 aromatic heterocycles. The van der Waals surface area contributed by atoms with Gasteiger partial charge in [-0.1, -0.05) is 17.7 Å². The Balaban J connectivity index is 1.74. The van der Waals surface area contributed by atoms with Gasteiger partial charge in [-0.05, 0) is 63.3 Å². The van der Waals surface area contributed by atoms with Gasteiger partial charge in [0.25, 0.3) is 0 Å². The predicted molar refractivity (Wildman–Crippen MR) is 118 cm³/mol. The first-order valence-electron chi connectivity index (χ1n) is 10.3. The third-order valence-electron chi connectivity index (χ3n) is 5.41. The fraction of sp³-hybridized carbons (Fsp3) is 0.522. The Bertz CT molecular complexity index is 801. The summed E-state index contributed by atoms with van der Waals surface area (Å²) in [7, 11) is 0. The molecule has 3 rings (SSSR count). The third kappa shape index (κ3) is 5.59. The molecule has 158 valence electrons. The first-order chi connectivity index (χ1) is 13.8. The molecule has 0 fully saturated rings. The normalized spacial score (nSPS) is 17.5. The van der Waals surface area contributed by atoms with Crippen molar-refractivity contribution < 1.29 is 14.6 Å². The number of thiophene rings is 1. The SMILES string of the molecule is Cc1ccc(OC[C@H]2c3ccsc3CCN2C(=O)CN(C[C@@H](C)O)C(C)C)cc1. The van der Waals surface area contributed by atoms with Gasteiger partial charge in [-0.2, -0.15) is 0 Å². The van der Waals surface area contributed by atoms with Crippen LogP contribution < -0.4 is 4.74 Å². The Labute approximate surface area is 177 Å². The van der Waals surface area contributed by atoms with Crippen LogP contribution in [0.5, 0.6) is 5.75 Å². The zero-order valence-electron chi connectivity index (χ0n) is 17.8. The molecule has 1 aromatic carbocycles. The number of aliphatic hydroxyl groups excluding tert-OH is 1. The number of ether oxygens (including phenoxy) is 1. The van der Waals surface area contributed by atoms with Gasteiger partial charge < -0.3 is 14.7 Å². The minimum atomic E-state index is -0.462. The van der Waals surface area contributed by atoms with Crippen LogP contribution in [-0.2, 0) is 11.2 Å². The van der Waals surface area contributed by atoms with Gasteiger partial charge >= 0.3 is 0 Å². The molecule has 0 aliphatic carbocycles. The van der Waals surface area contributed by atoms with E-state index in [-0.39, 0.29) is 18.0 Å². The first-order valence-corrected chi connectivity index (χ1v) is 11.2. The Hall–Kier alpha value is -1.89. The number of aliphatic hydroxyl groups is 1. The molecule has 0 radical (unpaired) electrons. The van der Waals surface area contributed by atoms with Crippen molar-refractivity contribution in [2.45, 2.75) is 52.3 Å². The number of carbonyl (C=O) groups is 1. The summed E-state index contributed by atoms with van der Waals surface area (Å²) in [6, 6.07) is 10.2. The van der Waals surface area contributed by atoms with Gasteiger partial charge in [-0.15, -0.1) is 11.3 Å². The monoisotopic (exact) mass is 416 g/mol. The van der Waals surface area contributed by atoms with Crippen molar-refractivity contribution in [3.8, 4) is 5.75 Å². The molecular weight excluding hydrogens is 384 g/mol. The number of nitrogens with zero attached hydrogens (tertiary/aromatic N) is 2. The van der Waals surface area contributed by atoms with Crippen LogP contribution in [0.25, 0.3) is 0 Å². The van der Waals surface area contributed by atoms with Crippen LogP contribution in [0.15, 0.2) is 35.7 Å². The highest BCUT2D eigenvalue weighted by atomic mass is 32.1. The smallest absolute Gasteiger partial charge is 0.237 e. The molecule has 0 unspecified atom stereocenters. The molecule has 0 spiro atoms. The third-order valence-corrected chi connectivity index (χ3v) is 6.41. The summed E-state index contributed by atoms with van der Waals surface area (Å²) in [6.45, 7) is 9.87. The summed E-state index contributed by atoms with van der Waals surface area (Å²) >= 11 is 1.76. The van der Waals surface area contributed by atoms with E-state index in [2.05, 4.69) is 32.2 Å². The van der Waals surface area contributed by atoms with Crippen LogP contribution >= 0.6 is 11.3 Å². The highest BCUT2D eigenvalue weighted by Crippen LogP contribution is 2.34. The molecule has 29 heavy (non-hydrogen) atoms. The number of benzene rings is 1. The first kappa shape index (κ1) is 21.8. The van der Waals surface area contributed by atoms with Gasteiger partial charge in [0.1, 0.15) is 12.4 Å². The van der Waals surface area contributed by atoms with Crippen LogP contribution in [0.1, 0.15) is 42.8 Å². The van der Waals surface area contributed by atoms with E-state index < -0.39 is 6.10 Å². The summed E-state index contributed by atoms with van der Waals surface area (Å²) < 4.78 is 6.08. The zero-order valence-corrected chi connectivity index (χ0v) is 18.6. The molecule has 5 nitrogen and oxygen atoms in total. The van der Waals surface area contributed by atoms with Gasteiger partial charge in [0, 0.05) is 24.0 Å². The van der Waals surface area contributed by atoms with Crippen LogP contribution in [0.3, 0.4) is 0 Å². The molecule has 2 heterocycles. The number of hydrogen-bond acceptors (Lipinski definition) is 5. The van der Waals surface area contributed by atoms with Crippen molar-refractivity contribution in [1.82, 2.24) is 9.80 Å². The lowest BCUT2D eigenvalue weighted by Gasteiger charge is -2.38. The Morgan fingerprint density at radius 2 is 2.00 bits per heavy atom. The molecule has 6 heteroatoms. The number of amides is 1. The topological polar surface area (TPSA) is 53.0 Å². The summed E-state index contributed by atoms with van der Waals surface area (Å²) in [6.07, 6.45) is 0.424. The maximum absolute atomic E-state index is 13.2. The lowest BCUT2D eigenvalue weighted by atomic mass is 10.00. The largest absolute Gasteiger partial charge is 0.491 e. The van der Waals surface area contributed by atoms with Crippen molar-refractivity contribution in [3.63, 3.8) is 0 Å². The summed E-state index contributed by atoms with van der Waals surface area (Å²) in [5, 5.41) is 11.9. The Kier molecular flexibility index (Phi) is 7.33. The lowest BCUT2D eigenvalue weighted by Crippen LogP contribution is -2.49.